The van der Waals surface area contributed by atoms with E-state index in [0.29, 0.717) is 0 Å². The lowest BCUT2D eigenvalue weighted by atomic mass is 10.1. The smallest absolute Gasteiger partial charge is 0.243 e. The fourth-order valence-electron chi connectivity index (χ4n) is 1.18. The van der Waals surface area contributed by atoms with E-state index in [1.54, 1.807) is 0 Å². The number of carbonyl (C=O) groups excluding carboxylic acids is 1. The molecule has 1 N–H and O–H groups in total. The molecule has 0 aliphatic carbocycles. The van der Waals surface area contributed by atoms with Crippen molar-refractivity contribution in [1.29, 1.82) is 0 Å². The van der Waals surface area contributed by atoms with E-state index >= 15 is 0 Å². The van der Waals surface area contributed by atoms with E-state index in [1.165, 1.54) is 6.08 Å². The molecule has 3 heteroatoms. The quantitative estimate of drug-likeness (QED) is 0.505. The zero-order valence-electron chi connectivity index (χ0n) is 9.84. The summed E-state index contributed by atoms with van der Waals surface area (Å²) in [6, 6.07) is 0.276. The Kier molecular flexibility index (Phi) is 5.46. The predicted octanol–water partition coefficient (Wildman–Crippen LogP) is 1.16. The second-order valence-corrected chi connectivity index (χ2v) is 4.62. The molecule has 0 heterocycles. The largest absolute Gasteiger partial charge is 0.350 e. The highest BCUT2D eigenvalue weighted by atomic mass is 16.1. The molecule has 0 radical (unpaired) electrons. The van der Waals surface area contributed by atoms with Crippen molar-refractivity contribution in [3.05, 3.63) is 12.7 Å². The summed E-state index contributed by atoms with van der Waals surface area (Å²) in [4.78, 5) is 11.1. The molecule has 0 rings (SSSR count). The van der Waals surface area contributed by atoms with Gasteiger partial charge in [0.05, 0.1) is 27.7 Å². The summed E-state index contributed by atoms with van der Waals surface area (Å²) in [5.41, 5.74) is 0. The summed E-state index contributed by atoms with van der Waals surface area (Å²) < 4.78 is 0.931. The molecule has 0 saturated heterocycles. The molecule has 0 aromatic heterocycles. The van der Waals surface area contributed by atoms with Crippen LogP contribution in [0.5, 0.6) is 0 Å². The third-order valence-electron chi connectivity index (χ3n) is 2.17. The van der Waals surface area contributed by atoms with Crippen LogP contribution in [0.4, 0.5) is 0 Å². The Morgan fingerprint density at radius 2 is 2.07 bits per heavy atom. The van der Waals surface area contributed by atoms with E-state index in [2.05, 4.69) is 40.0 Å². The molecule has 0 bridgehead atoms. The van der Waals surface area contributed by atoms with Gasteiger partial charge in [0.25, 0.3) is 0 Å². The molecule has 1 unspecified atom stereocenters. The molecule has 1 amide bonds. The Morgan fingerprint density at radius 3 is 2.43 bits per heavy atom. The van der Waals surface area contributed by atoms with Crippen LogP contribution in [-0.4, -0.2) is 44.1 Å². The van der Waals surface area contributed by atoms with Gasteiger partial charge in [0, 0.05) is 12.5 Å². The van der Waals surface area contributed by atoms with Crippen LogP contribution in [0.1, 0.15) is 19.8 Å². The van der Waals surface area contributed by atoms with Gasteiger partial charge in [-0.1, -0.05) is 13.5 Å². The van der Waals surface area contributed by atoms with Gasteiger partial charge in [-0.25, -0.2) is 0 Å². The van der Waals surface area contributed by atoms with Crippen molar-refractivity contribution in [3.63, 3.8) is 0 Å². The molecule has 0 saturated carbocycles. The number of nitrogens with zero attached hydrogens (tertiary/aromatic N) is 1. The minimum Gasteiger partial charge on any atom is -0.350 e. The van der Waals surface area contributed by atoms with Gasteiger partial charge in [-0.3, -0.25) is 4.79 Å². The average molecular weight is 199 g/mol. The molecule has 0 aromatic rings. The zero-order chi connectivity index (χ0) is 11.2. The number of carbonyl (C=O) groups is 1. The van der Waals surface area contributed by atoms with E-state index in [-0.39, 0.29) is 11.9 Å². The van der Waals surface area contributed by atoms with Gasteiger partial charge >= 0.3 is 0 Å². The van der Waals surface area contributed by atoms with Crippen LogP contribution >= 0.6 is 0 Å². The summed E-state index contributed by atoms with van der Waals surface area (Å²) in [6.45, 7) is 6.59. The molecule has 0 aliphatic rings. The van der Waals surface area contributed by atoms with Crippen LogP contribution in [0.2, 0.25) is 0 Å². The summed E-state index contributed by atoms with van der Waals surface area (Å²) in [6.07, 6.45) is 3.31. The van der Waals surface area contributed by atoms with Crippen molar-refractivity contribution >= 4 is 5.91 Å². The Labute approximate surface area is 87.4 Å². The van der Waals surface area contributed by atoms with Gasteiger partial charge < -0.3 is 9.80 Å². The first-order chi connectivity index (χ1) is 6.39. The molecular weight excluding hydrogens is 176 g/mol. The fourth-order valence-corrected chi connectivity index (χ4v) is 1.18. The first-order valence-electron chi connectivity index (χ1n) is 5.12. The van der Waals surface area contributed by atoms with Gasteiger partial charge in [-0.2, -0.15) is 0 Å². The minimum absolute atomic E-state index is 0.0711. The molecule has 82 valence electrons. The lowest BCUT2D eigenvalue weighted by Crippen LogP contribution is -2.41. The van der Waals surface area contributed by atoms with Crippen molar-refractivity contribution < 1.29 is 9.28 Å². The van der Waals surface area contributed by atoms with Crippen molar-refractivity contribution in [2.24, 2.45) is 0 Å². The number of amides is 1. The number of hydrogen-bond donors (Lipinski definition) is 1. The number of rotatable bonds is 6. The number of nitrogens with one attached hydrogen (secondary N) is 1. The average Bonchev–Trinajstić information content (AvgIpc) is 2.10. The second-order valence-electron chi connectivity index (χ2n) is 4.62. The first kappa shape index (κ1) is 13.2. The molecule has 14 heavy (non-hydrogen) atoms. The molecule has 0 fully saturated rings. The van der Waals surface area contributed by atoms with E-state index in [4.69, 9.17) is 0 Å². The lowest BCUT2D eigenvalue weighted by Gasteiger charge is -2.26. The van der Waals surface area contributed by atoms with Crippen LogP contribution in [0, 0.1) is 0 Å². The third-order valence-corrected chi connectivity index (χ3v) is 2.17. The van der Waals surface area contributed by atoms with Crippen molar-refractivity contribution in [1.82, 2.24) is 5.32 Å². The van der Waals surface area contributed by atoms with Gasteiger partial charge in [0.2, 0.25) is 5.91 Å². The van der Waals surface area contributed by atoms with E-state index in [0.717, 1.165) is 23.9 Å². The van der Waals surface area contributed by atoms with Crippen LogP contribution < -0.4 is 5.32 Å². The predicted molar refractivity (Wildman–Crippen MR) is 59.9 cm³/mol. The molecule has 0 spiro atoms. The molecule has 0 aliphatic heterocycles. The van der Waals surface area contributed by atoms with Crippen LogP contribution in [0.25, 0.3) is 0 Å². The summed E-state index contributed by atoms with van der Waals surface area (Å²) in [5, 5.41) is 2.92. The minimum atomic E-state index is -0.0711. The summed E-state index contributed by atoms with van der Waals surface area (Å²) in [5.74, 6) is -0.0711. The Balaban J connectivity index is 3.91. The first-order valence-corrected chi connectivity index (χ1v) is 5.12. The van der Waals surface area contributed by atoms with Gasteiger partial charge in [-0.05, 0) is 12.5 Å². The van der Waals surface area contributed by atoms with E-state index in [1.807, 2.05) is 0 Å². The Hall–Kier alpha value is -0.830. The zero-order valence-corrected chi connectivity index (χ0v) is 9.84. The Bertz CT molecular complexity index is 194. The van der Waals surface area contributed by atoms with Crippen LogP contribution in [0.15, 0.2) is 12.7 Å². The van der Waals surface area contributed by atoms with E-state index in [9.17, 15) is 4.79 Å². The highest BCUT2D eigenvalue weighted by Crippen LogP contribution is 2.02. The monoisotopic (exact) mass is 199 g/mol. The molecule has 0 aromatic carbocycles. The summed E-state index contributed by atoms with van der Waals surface area (Å²) in [7, 11) is 6.46. The van der Waals surface area contributed by atoms with Gasteiger partial charge in [0.15, 0.2) is 0 Å². The SMILES string of the molecule is C=CC(=O)NC(CC)CC[N+](C)(C)C. The highest BCUT2D eigenvalue weighted by molar-refractivity contribution is 5.87. The Morgan fingerprint density at radius 1 is 1.50 bits per heavy atom. The van der Waals surface area contributed by atoms with Crippen LogP contribution in [-0.2, 0) is 4.79 Å². The maximum Gasteiger partial charge on any atom is 0.243 e. The van der Waals surface area contributed by atoms with Crippen LogP contribution in [0.3, 0.4) is 0 Å². The molecular formula is C11H23N2O+. The summed E-state index contributed by atoms with van der Waals surface area (Å²) >= 11 is 0. The fraction of sp³-hybridized carbons (Fsp3) is 0.727. The topological polar surface area (TPSA) is 29.1 Å². The third kappa shape index (κ3) is 6.66. The van der Waals surface area contributed by atoms with Gasteiger partial charge in [-0.15, -0.1) is 0 Å². The molecule has 1 atom stereocenters. The second kappa shape index (κ2) is 5.81. The number of quaternary nitrogens is 1. The maximum atomic E-state index is 11.1. The number of hydrogen-bond acceptors (Lipinski definition) is 1. The van der Waals surface area contributed by atoms with Gasteiger partial charge in [0.1, 0.15) is 0 Å². The van der Waals surface area contributed by atoms with Crippen molar-refractivity contribution in [2.45, 2.75) is 25.8 Å². The normalized spacial score (nSPS) is 13.4. The maximum absolute atomic E-state index is 11.1. The molecule has 3 nitrogen and oxygen atoms in total. The van der Waals surface area contributed by atoms with Crippen molar-refractivity contribution in [3.8, 4) is 0 Å². The highest BCUT2D eigenvalue weighted by Gasteiger charge is 2.13. The standard InChI is InChI=1S/C11H22N2O/c1-6-10(12-11(14)7-2)8-9-13(3,4)5/h7,10H,2,6,8-9H2,1,3-5H3/p+1. The van der Waals surface area contributed by atoms with Crippen molar-refractivity contribution in [2.75, 3.05) is 27.7 Å². The lowest BCUT2D eigenvalue weighted by molar-refractivity contribution is -0.870. The van der Waals surface area contributed by atoms with E-state index < -0.39 is 0 Å².